The molecule has 0 aliphatic heterocycles. The molecular weight excluding hydrogens is 498 g/mol. The average Bonchev–Trinajstić information content (AvgIpc) is 3.64. The number of nitrogens with zero attached hydrogens (tertiary/aromatic N) is 5. The summed E-state index contributed by atoms with van der Waals surface area (Å²) in [5, 5.41) is 9.35. The maximum atomic E-state index is 13.3. The molecule has 0 aliphatic rings. The lowest BCUT2D eigenvalue weighted by molar-refractivity contribution is 0.355. The molecule has 9 heteroatoms. The largest absolute Gasteiger partial charge is 0.493 e. The summed E-state index contributed by atoms with van der Waals surface area (Å²) in [6, 6.07) is 23.4. The van der Waals surface area contributed by atoms with Crippen LogP contribution in [-0.4, -0.2) is 38.6 Å². The highest BCUT2D eigenvalue weighted by atomic mass is 32.1. The van der Waals surface area contributed by atoms with E-state index in [2.05, 4.69) is 10.1 Å². The summed E-state index contributed by atoms with van der Waals surface area (Å²) in [6.45, 7) is 2.02. The van der Waals surface area contributed by atoms with Crippen LogP contribution in [-0.2, 0) is 0 Å². The first kappa shape index (κ1) is 23.6. The van der Waals surface area contributed by atoms with Crippen LogP contribution in [0.15, 0.2) is 83.8 Å². The highest BCUT2D eigenvalue weighted by Gasteiger charge is 2.16. The van der Waals surface area contributed by atoms with Crippen LogP contribution in [0.3, 0.4) is 0 Å². The third-order valence-corrected chi connectivity index (χ3v) is 7.16. The van der Waals surface area contributed by atoms with E-state index in [-0.39, 0.29) is 5.56 Å². The zero-order valence-corrected chi connectivity index (χ0v) is 21.8. The minimum atomic E-state index is -0.221. The molecule has 6 aromatic rings. The van der Waals surface area contributed by atoms with E-state index in [9.17, 15) is 4.79 Å². The third-order valence-electron chi connectivity index (χ3n) is 6.20. The third kappa shape index (κ3) is 4.22. The van der Waals surface area contributed by atoms with Crippen molar-refractivity contribution in [3.05, 3.63) is 105 Å². The molecule has 0 N–H and O–H groups in total. The standard InChI is InChI=1S/C29H23N5O3S/c1-18-9-11-19(12-10-18)27-30-29-34(32-27)28(35)25(38-29)16-21-17-33(22-7-5-4-6-8-22)31-26(21)20-13-14-23(36-2)24(15-20)37-3/h4-17H,1-3H3. The Kier molecular flexibility index (Phi) is 5.97. The fourth-order valence-corrected chi connectivity index (χ4v) is 5.11. The Bertz CT molecular complexity index is 1870. The Balaban J connectivity index is 1.49. The summed E-state index contributed by atoms with van der Waals surface area (Å²) in [5.74, 6) is 1.75. The summed E-state index contributed by atoms with van der Waals surface area (Å²) in [7, 11) is 3.20. The van der Waals surface area contributed by atoms with Crippen molar-refractivity contribution in [3.63, 3.8) is 0 Å². The quantitative estimate of drug-likeness (QED) is 0.320. The maximum Gasteiger partial charge on any atom is 0.291 e. The lowest BCUT2D eigenvalue weighted by atomic mass is 10.1. The van der Waals surface area contributed by atoms with E-state index in [1.54, 1.807) is 18.9 Å². The fraction of sp³-hybridized carbons (Fsp3) is 0.103. The number of hydrogen-bond acceptors (Lipinski definition) is 7. The van der Waals surface area contributed by atoms with E-state index in [1.807, 2.05) is 92.0 Å². The zero-order chi connectivity index (χ0) is 26.2. The Morgan fingerprint density at radius 3 is 2.32 bits per heavy atom. The van der Waals surface area contributed by atoms with Crippen LogP contribution in [0.25, 0.3) is 39.4 Å². The average molecular weight is 522 g/mol. The number of thiazole rings is 1. The Morgan fingerprint density at radius 1 is 0.868 bits per heavy atom. The number of aryl methyl sites for hydroxylation is 1. The molecule has 0 radical (unpaired) electrons. The minimum absolute atomic E-state index is 0.221. The zero-order valence-electron chi connectivity index (χ0n) is 21.0. The van der Waals surface area contributed by atoms with Crippen molar-refractivity contribution >= 4 is 22.4 Å². The number of benzene rings is 3. The molecular formula is C29H23N5O3S. The number of methoxy groups -OCH3 is 2. The van der Waals surface area contributed by atoms with E-state index in [0.29, 0.717) is 32.5 Å². The number of para-hydroxylation sites is 1. The molecule has 188 valence electrons. The van der Waals surface area contributed by atoms with Gasteiger partial charge in [-0.1, -0.05) is 59.4 Å². The molecule has 0 aliphatic carbocycles. The summed E-state index contributed by atoms with van der Waals surface area (Å²) in [6.07, 6.45) is 3.75. The van der Waals surface area contributed by atoms with Crippen molar-refractivity contribution in [2.75, 3.05) is 14.2 Å². The summed E-state index contributed by atoms with van der Waals surface area (Å²) < 4.78 is 14.6. The second-order valence-electron chi connectivity index (χ2n) is 8.69. The van der Waals surface area contributed by atoms with Gasteiger partial charge in [-0.05, 0) is 43.3 Å². The normalized spacial score (nSPS) is 11.8. The van der Waals surface area contributed by atoms with Crippen molar-refractivity contribution in [2.24, 2.45) is 0 Å². The molecule has 0 fully saturated rings. The molecule has 0 atom stereocenters. The molecule has 0 bridgehead atoms. The van der Waals surface area contributed by atoms with Crippen LogP contribution in [0.5, 0.6) is 11.5 Å². The van der Waals surface area contributed by atoms with E-state index >= 15 is 0 Å². The smallest absolute Gasteiger partial charge is 0.291 e. The van der Waals surface area contributed by atoms with Crippen LogP contribution in [0.2, 0.25) is 0 Å². The fourth-order valence-electron chi connectivity index (χ4n) is 4.21. The van der Waals surface area contributed by atoms with E-state index in [1.165, 1.54) is 15.9 Å². The predicted octanol–water partition coefficient (Wildman–Crippen LogP) is 4.54. The molecule has 38 heavy (non-hydrogen) atoms. The molecule has 3 heterocycles. The van der Waals surface area contributed by atoms with Crippen LogP contribution in [0.4, 0.5) is 0 Å². The van der Waals surface area contributed by atoms with Crippen molar-refractivity contribution in [3.8, 4) is 39.8 Å². The molecule has 3 aromatic carbocycles. The molecule has 0 amide bonds. The first-order valence-electron chi connectivity index (χ1n) is 11.9. The van der Waals surface area contributed by atoms with Gasteiger partial charge in [0.25, 0.3) is 5.56 Å². The van der Waals surface area contributed by atoms with E-state index in [4.69, 9.17) is 14.6 Å². The lowest BCUT2D eigenvalue weighted by Crippen LogP contribution is -2.23. The van der Waals surface area contributed by atoms with E-state index in [0.717, 1.165) is 27.9 Å². The summed E-state index contributed by atoms with van der Waals surface area (Å²) in [5.41, 5.74) is 5.02. The lowest BCUT2D eigenvalue weighted by Gasteiger charge is -2.09. The Morgan fingerprint density at radius 2 is 1.61 bits per heavy atom. The predicted molar refractivity (Wildman–Crippen MR) is 148 cm³/mol. The van der Waals surface area contributed by atoms with Gasteiger partial charge in [0.05, 0.1) is 24.4 Å². The molecule has 8 nitrogen and oxygen atoms in total. The SMILES string of the molecule is COc1ccc(-c2nn(-c3ccccc3)cc2C=c2sc3nc(-c4ccc(C)cc4)nn3c2=O)cc1OC. The van der Waals surface area contributed by atoms with Gasteiger partial charge in [0.15, 0.2) is 17.3 Å². The number of hydrogen-bond donors (Lipinski definition) is 0. The molecule has 0 unspecified atom stereocenters. The van der Waals surface area contributed by atoms with Gasteiger partial charge in [-0.25, -0.2) is 4.68 Å². The number of rotatable bonds is 6. The molecule has 0 saturated carbocycles. The van der Waals surface area contributed by atoms with Gasteiger partial charge in [0, 0.05) is 22.9 Å². The highest BCUT2D eigenvalue weighted by Crippen LogP contribution is 2.33. The van der Waals surface area contributed by atoms with Crippen molar-refractivity contribution < 1.29 is 9.47 Å². The van der Waals surface area contributed by atoms with Crippen LogP contribution in [0, 0.1) is 6.92 Å². The van der Waals surface area contributed by atoms with Gasteiger partial charge >= 0.3 is 0 Å². The first-order valence-corrected chi connectivity index (χ1v) is 12.7. The second-order valence-corrected chi connectivity index (χ2v) is 9.70. The van der Waals surface area contributed by atoms with Gasteiger partial charge in [-0.15, -0.1) is 5.10 Å². The first-order chi connectivity index (χ1) is 18.5. The van der Waals surface area contributed by atoms with Crippen molar-refractivity contribution in [1.29, 1.82) is 0 Å². The number of fused-ring (bicyclic) bond motifs is 1. The Hall–Kier alpha value is -4.76. The minimum Gasteiger partial charge on any atom is -0.493 e. The summed E-state index contributed by atoms with van der Waals surface area (Å²) >= 11 is 1.30. The van der Waals surface area contributed by atoms with Gasteiger partial charge < -0.3 is 9.47 Å². The maximum absolute atomic E-state index is 13.3. The van der Waals surface area contributed by atoms with Crippen molar-refractivity contribution in [2.45, 2.75) is 6.92 Å². The summed E-state index contributed by atoms with van der Waals surface area (Å²) in [4.78, 5) is 18.5. The topological polar surface area (TPSA) is 83.5 Å². The molecule has 6 rings (SSSR count). The number of ether oxygens (including phenoxy) is 2. The van der Waals surface area contributed by atoms with Crippen molar-refractivity contribution in [1.82, 2.24) is 24.4 Å². The van der Waals surface area contributed by atoms with Gasteiger partial charge in [0.2, 0.25) is 4.96 Å². The molecule has 0 spiro atoms. The molecule has 3 aromatic heterocycles. The molecule has 0 saturated heterocycles. The number of aromatic nitrogens is 5. The van der Waals surface area contributed by atoms with Crippen LogP contribution in [0.1, 0.15) is 11.1 Å². The van der Waals surface area contributed by atoms with Gasteiger partial charge in [-0.2, -0.15) is 14.6 Å². The highest BCUT2D eigenvalue weighted by molar-refractivity contribution is 7.15. The van der Waals surface area contributed by atoms with Crippen LogP contribution >= 0.6 is 11.3 Å². The van der Waals surface area contributed by atoms with Gasteiger partial charge in [-0.3, -0.25) is 4.79 Å². The Labute approximate surface area is 222 Å². The van der Waals surface area contributed by atoms with Crippen LogP contribution < -0.4 is 19.6 Å². The second kappa shape index (κ2) is 9.60. The van der Waals surface area contributed by atoms with E-state index < -0.39 is 0 Å². The van der Waals surface area contributed by atoms with Gasteiger partial charge in [0.1, 0.15) is 5.69 Å². The monoisotopic (exact) mass is 521 g/mol.